The quantitative estimate of drug-likeness (QED) is 0.375. The number of benzene rings is 3. The topological polar surface area (TPSA) is 93.1 Å². The number of anilines is 1. The van der Waals surface area contributed by atoms with Gasteiger partial charge in [0, 0.05) is 36.7 Å². The molecule has 0 bridgehead atoms. The number of amides is 1. The molecule has 3 aromatic carbocycles. The summed E-state index contributed by atoms with van der Waals surface area (Å²) in [6, 6.07) is 16.6. The number of carbonyl (C=O) groups is 1. The van der Waals surface area contributed by atoms with E-state index in [4.69, 9.17) is 11.6 Å². The van der Waals surface area contributed by atoms with Gasteiger partial charge in [-0.2, -0.15) is 0 Å². The van der Waals surface area contributed by atoms with Crippen LogP contribution in [-0.2, 0) is 23.1 Å². The molecule has 174 valence electrons. The van der Waals surface area contributed by atoms with Crippen molar-refractivity contribution >= 4 is 33.2 Å². The number of hydrogen-bond acceptors (Lipinski definition) is 4. The smallest absolute Gasteiger partial charge is 0.263 e. The summed E-state index contributed by atoms with van der Waals surface area (Å²) in [5.41, 5.74) is 2.25. The Labute approximate surface area is 201 Å². The van der Waals surface area contributed by atoms with Crippen LogP contribution in [0, 0.1) is 5.82 Å². The van der Waals surface area contributed by atoms with Crippen molar-refractivity contribution < 1.29 is 17.6 Å². The molecule has 1 aromatic heterocycles. The number of rotatable bonds is 8. The fourth-order valence-corrected chi connectivity index (χ4v) is 4.88. The van der Waals surface area contributed by atoms with Crippen molar-refractivity contribution in [3.8, 4) is 0 Å². The van der Waals surface area contributed by atoms with Crippen LogP contribution >= 0.6 is 11.6 Å². The van der Waals surface area contributed by atoms with Crippen molar-refractivity contribution in [3.63, 3.8) is 0 Å². The Morgan fingerprint density at radius 3 is 2.53 bits per heavy atom. The van der Waals surface area contributed by atoms with Gasteiger partial charge in [-0.15, -0.1) is 0 Å². The summed E-state index contributed by atoms with van der Waals surface area (Å²) < 4.78 is 43.0. The Balaban J connectivity index is 1.46. The van der Waals surface area contributed by atoms with Gasteiger partial charge in [-0.25, -0.2) is 17.8 Å². The van der Waals surface area contributed by atoms with E-state index in [0.29, 0.717) is 6.54 Å². The molecule has 0 saturated heterocycles. The maximum absolute atomic E-state index is 13.1. The summed E-state index contributed by atoms with van der Waals surface area (Å²) in [6.07, 6.45) is 5.30. The third-order valence-electron chi connectivity index (χ3n) is 4.95. The van der Waals surface area contributed by atoms with Crippen molar-refractivity contribution in [1.29, 1.82) is 0 Å². The highest BCUT2D eigenvalue weighted by atomic mass is 35.5. The second kappa shape index (κ2) is 10.1. The number of nitrogens with zero attached hydrogens (tertiary/aromatic N) is 2. The Morgan fingerprint density at radius 1 is 1.03 bits per heavy atom. The van der Waals surface area contributed by atoms with Gasteiger partial charge >= 0.3 is 0 Å². The number of aromatic nitrogens is 2. The normalized spacial score (nSPS) is 11.2. The molecule has 0 spiro atoms. The van der Waals surface area contributed by atoms with Crippen LogP contribution in [-0.4, -0.2) is 23.9 Å². The molecule has 10 heteroatoms. The molecule has 34 heavy (non-hydrogen) atoms. The first kappa shape index (κ1) is 23.5. The highest BCUT2D eigenvalue weighted by Crippen LogP contribution is 2.25. The predicted octanol–water partition coefficient (Wildman–Crippen LogP) is 4.45. The number of imidazole rings is 1. The van der Waals surface area contributed by atoms with E-state index in [0.717, 1.165) is 23.3 Å². The fourth-order valence-electron chi connectivity index (χ4n) is 3.29. The highest BCUT2D eigenvalue weighted by Gasteiger charge is 2.20. The van der Waals surface area contributed by atoms with Gasteiger partial charge in [-0.1, -0.05) is 35.9 Å². The first-order chi connectivity index (χ1) is 16.3. The molecule has 2 N–H and O–H groups in total. The third-order valence-corrected chi connectivity index (χ3v) is 6.81. The summed E-state index contributed by atoms with van der Waals surface area (Å²) in [5, 5.41) is 2.75. The molecular weight excluding hydrogens is 479 g/mol. The lowest BCUT2D eigenvalue weighted by Crippen LogP contribution is -2.23. The standard InChI is InChI=1S/C24H20ClFN4O3S/c25-22-9-4-19(13-23(22)34(32,33)29-21-7-5-20(26)6-8-21)24(31)28-14-17-2-1-3-18(12-17)15-30-11-10-27-16-30/h1-13,16,29H,14-15H2,(H,28,31). The molecule has 0 fully saturated rings. The Morgan fingerprint density at radius 2 is 1.79 bits per heavy atom. The SMILES string of the molecule is O=C(NCc1cccc(Cn2ccnc2)c1)c1ccc(Cl)c(S(=O)(=O)Nc2ccc(F)cc2)c1. The zero-order chi connectivity index (χ0) is 24.1. The molecule has 0 aliphatic heterocycles. The van der Waals surface area contributed by atoms with Crippen molar-refractivity contribution in [3.05, 3.63) is 113 Å². The second-order valence-electron chi connectivity index (χ2n) is 7.50. The molecule has 0 radical (unpaired) electrons. The van der Waals surface area contributed by atoms with Gasteiger partial charge < -0.3 is 9.88 Å². The molecule has 1 heterocycles. The summed E-state index contributed by atoms with van der Waals surface area (Å²) >= 11 is 6.11. The zero-order valence-electron chi connectivity index (χ0n) is 17.8. The van der Waals surface area contributed by atoms with E-state index in [2.05, 4.69) is 15.0 Å². The summed E-state index contributed by atoms with van der Waals surface area (Å²) in [7, 11) is -4.10. The third kappa shape index (κ3) is 5.81. The first-order valence-electron chi connectivity index (χ1n) is 10.2. The van der Waals surface area contributed by atoms with Crippen LogP contribution in [0.3, 0.4) is 0 Å². The second-order valence-corrected chi connectivity index (χ2v) is 9.55. The molecule has 7 nitrogen and oxygen atoms in total. The molecule has 4 rings (SSSR count). The van der Waals surface area contributed by atoms with E-state index in [1.165, 1.54) is 30.3 Å². The van der Waals surface area contributed by atoms with Crippen LogP contribution < -0.4 is 10.0 Å². The number of nitrogens with one attached hydrogen (secondary N) is 2. The maximum Gasteiger partial charge on any atom is 0.263 e. The highest BCUT2D eigenvalue weighted by molar-refractivity contribution is 7.92. The molecule has 0 aliphatic carbocycles. The number of sulfonamides is 1. The van der Waals surface area contributed by atoms with Crippen molar-refractivity contribution in [2.45, 2.75) is 18.0 Å². The number of carbonyl (C=O) groups excluding carboxylic acids is 1. The Bertz CT molecular complexity index is 1410. The average molecular weight is 499 g/mol. The maximum atomic E-state index is 13.1. The minimum Gasteiger partial charge on any atom is -0.348 e. The van der Waals surface area contributed by atoms with Crippen LogP contribution in [0.15, 0.2) is 90.3 Å². The van der Waals surface area contributed by atoms with E-state index in [-0.39, 0.29) is 27.7 Å². The summed E-state index contributed by atoms with van der Waals surface area (Å²) in [4.78, 5) is 16.5. The van der Waals surface area contributed by atoms with E-state index in [9.17, 15) is 17.6 Å². The van der Waals surface area contributed by atoms with Gasteiger partial charge in [-0.3, -0.25) is 9.52 Å². The molecule has 0 unspecified atom stereocenters. The van der Waals surface area contributed by atoms with Gasteiger partial charge in [0.25, 0.3) is 15.9 Å². The summed E-state index contributed by atoms with van der Waals surface area (Å²) in [6.45, 7) is 0.913. The van der Waals surface area contributed by atoms with Gasteiger partial charge in [0.15, 0.2) is 0 Å². The van der Waals surface area contributed by atoms with Crippen LogP contribution in [0.5, 0.6) is 0 Å². The number of hydrogen-bond donors (Lipinski definition) is 2. The first-order valence-corrected chi connectivity index (χ1v) is 12.1. The molecular formula is C24H20ClFN4O3S. The lowest BCUT2D eigenvalue weighted by atomic mass is 10.1. The Hall–Kier alpha value is -3.69. The van der Waals surface area contributed by atoms with Gasteiger partial charge in [0.05, 0.1) is 11.3 Å². The van der Waals surface area contributed by atoms with Crippen molar-refractivity contribution in [1.82, 2.24) is 14.9 Å². The summed E-state index contributed by atoms with van der Waals surface area (Å²) in [5.74, 6) is -0.943. The minimum atomic E-state index is -4.10. The van der Waals surface area contributed by atoms with E-state index in [1.807, 2.05) is 35.0 Å². The minimum absolute atomic E-state index is 0.0432. The van der Waals surface area contributed by atoms with E-state index >= 15 is 0 Å². The molecule has 1 amide bonds. The van der Waals surface area contributed by atoms with Crippen molar-refractivity contribution in [2.75, 3.05) is 4.72 Å². The van der Waals surface area contributed by atoms with Gasteiger partial charge in [-0.05, 0) is 53.6 Å². The number of halogens is 2. The predicted molar refractivity (Wildman–Crippen MR) is 128 cm³/mol. The van der Waals surface area contributed by atoms with Crippen LogP contribution in [0.2, 0.25) is 5.02 Å². The van der Waals surface area contributed by atoms with Crippen molar-refractivity contribution in [2.24, 2.45) is 0 Å². The largest absolute Gasteiger partial charge is 0.348 e. The zero-order valence-corrected chi connectivity index (χ0v) is 19.4. The monoisotopic (exact) mass is 498 g/mol. The fraction of sp³-hybridized carbons (Fsp3) is 0.0833. The molecule has 0 saturated carbocycles. The average Bonchev–Trinajstić information content (AvgIpc) is 3.32. The van der Waals surface area contributed by atoms with E-state index in [1.54, 1.807) is 12.5 Å². The lowest BCUT2D eigenvalue weighted by molar-refractivity contribution is 0.0950. The molecule has 4 aromatic rings. The molecule has 0 aliphatic rings. The molecule has 0 atom stereocenters. The van der Waals surface area contributed by atoms with Crippen LogP contribution in [0.4, 0.5) is 10.1 Å². The lowest BCUT2D eigenvalue weighted by Gasteiger charge is -2.12. The van der Waals surface area contributed by atoms with E-state index < -0.39 is 21.7 Å². The van der Waals surface area contributed by atoms with Crippen LogP contribution in [0.25, 0.3) is 0 Å². The van der Waals surface area contributed by atoms with Gasteiger partial charge in [0.1, 0.15) is 10.7 Å². The van der Waals surface area contributed by atoms with Crippen LogP contribution in [0.1, 0.15) is 21.5 Å². The van der Waals surface area contributed by atoms with Gasteiger partial charge in [0.2, 0.25) is 0 Å². The Kier molecular flexibility index (Phi) is 6.95.